The number of nitrogens with two attached hydrogens (primary N) is 1. The molecule has 1 aromatic heterocycles. The minimum atomic E-state index is -0.704. The van der Waals surface area contributed by atoms with E-state index in [1.54, 1.807) is 6.92 Å². The minimum Gasteiger partial charge on any atom is -0.505 e. The fourth-order valence-corrected chi connectivity index (χ4v) is 1.25. The van der Waals surface area contributed by atoms with E-state index in [-0.39, 0.29) is 6.04 Å². The summed E-state index contributed by atoms with van der Waals surface area (Å²) in [6.45, 7) is 1.77. The van der Waals surface area contributed by atoms with Crippen LogP contribution in [0.4, 0.5) is 4.39 Å². The zero-order chi connectivity index (χ0) is 11.7. The summed E-state index contributed by atoms with van der Waals surface area (Å²) in [7, 11) is 0. The van der Waals surface area contributed by atoms with E-state index in [9.17, 15) is 4.39 Å². The highest BCUT2D eigenvalue weighted by atomic mass is 19.1. The first kappa shape index (κ1) is 10.6. The lowest BCUT2D eigenvalue weighted by Gasteiger charge is -1.98. The molecule has 6 heteroatoms. The Balaban J connectivity index is 2.39. The molecule has 0 aliphatic heterocycles. The van der Waals surface area contributed by atoms with E-state index < -0.39 is 11.6 Å². The maximum atomic E-state index is 13.1. The summed E-state index contributed by atoms with van der Waals surface area (Å²) in [6, 6.07) is 3.70. The Morgan fingerprint density at radius 3 is 2.81 bits per heavy atom. The molecule has 0 saturated heterocycles. The van der Waals surface area contributed by atoms with Crippen LogP contribution in [0.3, 0.4) is 0 Å². The second-order valence-electron chi connectivity index (χ2n) is 3.50. The van der Waals surface area contributed by atoms with Gasteiger partial charge in [0.1, 0.15) is 5.82 Å². The van der Waals surface area contributed by atoms with Crippen molar-refractivity contribution in [1.82, 2.24) is 15.2 Å². The molecule has 2 aromatic rings. The molecule has 0 fully saturated rings. The molecule has 4 N–H and O–H groups in total. The number of phenols is 1. The fraction of sp³-hybridized carbons (Fsp3) is 0.200. The Labute approximate surface area is 91.1 Å². The predicted molar refractivity (Wildman–Crippen MR) is 56.0 cm³/mol. The van der Waals surface area contributed by atoms with Gasteiger partial charge in [0.15, 0.2) is 17.4 Å². The van der Waals surface area contributed by atoms with Gasteiger partial charge in [-0.1, -0.05) is 0 Å². The van der Waals surface area contributed by atoms with Gasteiger partial charge in [-0.3, -0.25) is 5.10 Å². The van der Waals surface area contributed by atoms with E-state index in [0.717, 1.165) is 0 Å². The van der Waals surface area contributed by atoms with Crippen molar-refractivity contribution < 1.29 is 9.50 Å². The molecule has 5 nitrogen and oxygen atoms in total. The number of nitrogens with one attached hydrogen (secondary N) is 1. The number of nitrogens with zero attached hydrogens (tertiary/aromatic N) is 2. The van der Waals surface area contributed by atoms with Crippen molar-refractivity contribution in [3.05, 3.63) is 29.8 Å². The van der Waals surface area contributed by atoms with Crippen LogP contribution in [0.1, 0.15) is 18.8 Å². The number of halogens is 1. The number of hydrogen-bond donors (Lipinski definition) is 3. The molecule has 0 aliphatic rings. The smallest absolute Gasteiger partial charge is 0.181 e. The quantitative estimate of drug-likeness (QED) is 0.715. The van der Waals surface area contributed by atoms with Crippen LogP contribution in [-0.4, -0.2) is 20.3 Å². The van der Waals surface area contributed by atoms with Gasteiger partial charge in [0.2, 0.25) is 0 Å². The molecule has 1 aromatic carbocycles. The summed E-state index contributed by atoms with van der Waals surface area (Å²) in [5.41, 5.74) is 6.10. The topological polar surface area (TPSA) is 87.8 Å². The molecule has 0 amide bonds. The second-order valence-corrected chi connectivity index (χ2v) is 3.50. The SMILES string of the molecule is CC(N)c1nc(-c2ccc(O)c(F)c2)n[nH]1. The number of aromatic amines is 1. The predicted octanol–water partition coefficient (Wildman–Crippen LogP) is 1.34. The summed E-state index contributed by atoms with van der Waals surface area (Å²) in [5.74, 6) is -0.217. The Bertz CT molecular complexity index is 509. The van der Waals surface area contributed by atoms with E-state index in [0.29, 0.717) is 17.2 Å². The first-order valence-electron chi connectivity index (χ1n) is 4.74. The average Bonchev–Trinajstić information content (AvgIpc) is 2.71. The standard InChI is InChI=1S/C10H11FN4O/c1-5(12)9-13-10(15-14-9)6-2-3-8(16)7(11)4-6/h2-5,16H,12H2,1H3,(H,13,14,15). The summed E-state index contributed by atoms with van der Waals surface area (Å²) in [4.78, 5) is 4.11. The van der Waals surface area contributed by atoms with Crippen LogP contribution in [0, 0.1) is 5.82 Å². The molecular formula is C10H11FN4O. The van der Waals surface area contributed by atoms with Gasteiger partial charge >= 0.3 is 0 Å². The number of rotatable bonds is 2. The molecule has 0 aliphatic carbocycles. The lowest BCUT2D eigenvalue weighted by atomic mass is 10.2. The van der Waals surface area contributed by atoms with E-state index in [2.05, 4.69) is 15.2 Å². The van der Waals surface area contributed by atoms with E-state index in [1.165, 1.54) is 18.2 Å². The Morgan fingerprint density at radius 1 is 1.50 bits per heavy atom. The maximum Gasteiger partial charge on any atom is 0.181 e. The van der Waals surface area contributed by atoms with Gasteiger partial charge < -0.3 is 10.8 Å². The molecular weight excluding hydrogens is 211 g/mol. The van der Waals surface area contributed by atoms with Crippen LogP contribution < -0.4 is 5.73 Å². The van der Waals surface area contributed by atoms with Gasteiger partial charge in [-0.05, 0) is 25.1 Å². The first-order chi connectivity index (χ1) is 7.58. The fourth-order valence-electron chi connectivity index (χ4n) is 1.25. The van der Waals surface area contributed by atoms with Crippen molar-refractivity contribution in [2.75, 3.05) is 0 Å². The number of benzene rings is 1. The molecule has 1 atom stereocenters. The van der Waals surface area contributed by atoms with E-state index in [4.69, 9.17) is 10.8 Å². The van der Waals surface area contributed by atoms with Gasteiger partial charge in [0.05, 0.1) is 6.04 Å². The zero-order valence-corrected chi connectivity index (χ0v) is 8.61. The first-order valence-corrected chi connectivity index (χ1v) is 4.74. The summed E-state index contributed by atoms with van der Waals surface area (Å²) in [5, 5.41) is 15.6. The largest absolute Gasteiger partial charge is 0.505 e. The number of phenolic OH excluding ortho intramolecular Hbond substituents is 1. The summed E-state index contributed by atoms with van der Waals surface area (Å²) < 4.78 is 13.1. The molecule has 0 radical (unpaired) electrons. The van der Waals surface area contributed by atoms with Crippen molar-refractivity contribution >= 4 is 0 Å². The molecule has 84 valence electrons. The van der Waals surface area contributed by atoms with Gasteiger partial charge in [-0.2, -0.15) is 5.10 Å². The molecule has 0 bridgehead atoms. The summed E-state index contributed by atoms with van der Waals surface area (Å²) >= 11 is 0. The Hall–Kier alpha value is -1.95. The van der Waals surface area contributed by atoms with Crippen LogP contribution in [0.5, 0.6) is 5.75 Å². The maximum absolute atomic E-state index is 13.1. The number of aromatic nitrogens is 3. The molecule has 0 saturated carbocycles. The van der Waals surface area contributed by atoms with Crippen LogP contribution in [0.25, 0.3) is 11.4 Å². The van der Waals surface area contributed by atoms with Crippen LogP contribution in [0.2, 0.25) is 0 Å². The van der Waals surface area contributed by atoms with E-state index >= 15 is 0 Å². The number of aromatic hydroxyl groups is 1. The van der Waals surface area contributed by atoms with Crippen molar-refractivity contribution in [3.8, 4) is 17.1 Å². The highest BCUT2D eigenvalue weighted by Gasteiger charge is 2.10. The number of hydrogen-bond acceptors (Lipinski definition) is 4. The Kier molecular flexibility index (Phi) is 2.57. The van der Waals surface area contributed by atoms with Crippen molar-refractivity contribution in [1.29, 1.82) is 0 Å². The molecule has 2 rings (SSSR count). The number of H-pyrrole nitrogens is 1. The van der Waals surface area contributed by atoms with Crippen LogP contribution >= 0.6 is 0 Å². The molecule has 0 spiro atoms. The van der Waals surface area contributed by atoms with Crippen molar-refractivity contribution in [3.63, 3.8) is 0 Å². The van der Waals surface area contributed by atoms with Crippen LogP contribution in [0.15, 0.2) is 18.2 Å². The zero-order valence-electron chi connectivity index (χ0n) is 8.61. The van der Waals surface area contributed by atoms with Gasteiger partial charge in [-0.25, -0.2) is 9.37 Å². The van der Waals surface area contributed by atoms with Crippen molar-refractivity contribution in [2.45, 2.75) is 13.0 Å². The van der Waals surface area contributed by atoms with Crippen LogP contribution in [-0.2, 0) is 0 Å². The lowest BCUT2D eigenvalue weighted by molar-refractivity contribution is 0.432. The third kappa shape index (κ3) is 1.87. The normalized spacial score (nSPS) is 12.7. The molecule has 1 unspecified atom stereocenters. The van der Waals surface area contributed by atoms with Crippen molar-refractivity contribution in [2.24, 2.45) is 5.73 Å². The van der Waals surface area contributed by atoms with Gasteiger partial charge in [-0.15, -0.1) is 0 Å². The second kappa shape index (κ2) is 3.90. The third-order valence-electron chi connectivity index (χ3n) is 2.14. The highest BCUT2D eigenvalue weighted by Crippen LogP contribution is 2.22. The van der Waals surface area contributed by atoms with E-state index in [1.807, 2.05) is 0 Å². The monoisotopic (exact) mass is 222 g/mol. The lowest BCUT2D eigenvalue weighted by Crippen LogP contribution is -2.06. The average molecular weight is 222 g/mol. The molecule has 1 heterocycles. The highest BCUT2D eigenvalue weighted by molar-refractivity contribution is 5.56. The third-order valence-corrected chi connectivity index (χ3v) is 2.14. The Morgan fingerprint density at radius 2 is 2.25 bits per heavy atom. The van der Waals surface area contributed by atoms with Gasteiger partial charge in [0.25, 0.3) is 0 Å². The van der Waals surface area contributed by atoms with Gasteiger partial charge in [0, 0.05) is 5.56 Å². The molecule has 16 heavy (non-hydrogen) atoms. The summed E-state index contributed by atoms with van der Waals surface area (Å²) in [6.07, 6.45) is 0. The minimum absolute atomic E-state index is 0.261.